The summed E-state index contributed by atoms with van der Waals surface area (Å²) in [4.78, 5) is 35.1. The second-order valence-corrected chi connectivity index (χ2v) is 8.50. The Labute approximate surface area is 221 Å². The molecule has 0 saturated heterocycles. The number of nitrogen functional groups attached to an aromatic ring is 1. The Balaban J connectivity index is 1.65. The number of hydrogen-bond acceptors (Lipinski definition) is 9. The molecule has 0 saturated carbocycles. The first-order valence-electron chi connectivity index (χ1n) is 11.3. The summed E-state index contributed by atoms with van der Waals surface area (Å²) in [5.74, 6) is 6.74. The summed E-state index contributed by atoms with van der Waals surface area (Å²) in [6.45, 7) is 1.82. The molecule has 0 radical (unpaired) electrons. The topological polar surface area (TPSA) is 148 Å². The summed E-state index contributed by atoms with van der Waals surface area (Å²) < 4.78 is 1.43. The van der Waals surface area contributed by atoms with Crippen LogP contribution in [0.5, 0.6) is 0 Å². The van der Waals surface area contributed by atoms with E-state index in [4.69, 9.17) is 22.3 Å². The van der Waals surface area contributed by atoms with E-state index < -0.39 is 6.04 Å². The lowest BCUT2D eigenvalue weighted by atomic mass is 10.1. The van der Waals surface area contributed by atoms with E-state index >= 15 is 0 Å². The summed E-state index contributed by atoms with van der Waals surface area (Å²) in [6, 6.07) is 13.3. The minimum absolute atomic E-state index is 0.170. The van der Waals surface area contributed by atoms with Crippen molar-refractivity contribution >= 4 is 34.1 Å². The van der Waals surface area contributed by atoms with E-state index in [-0.39, 0.29) is 21.8 Å². The monoisotopic (exact) mass is 519 g/mol. The Kier molecular flexibility index (Phi) is 6.64. The highest BCUT2D eigenvalue weighted by Crippen LogP contribution is 2.26. The van der Waals surface area contributed by atoms with Crippen LogP contribution in [0.4, 0.5) is 11.6 Å². The van der Waals surface area contributed by atoms with Gasteiger partial charge in [-0.3, -0.25) is 14.3 Å². The van der Waals surface area contributed by atoms with E-state index in [9.17, 15) is 10.1 Å². The van der Waals surface area contributed by atoms with Gasteiger partial charge in [-0.15, -0.1) is 0 Å². The van der Waals surface area contributed by atoms with Crippen LogP contribution in [-0.2, 0) is 0 Å². The summed E-state index contributed by atoms with van der Waals surface area (Å²) >= 11 is 6.39. The molecular formula is C27H18ClN9O. The van der Waals surface area contributed by atoms with Crippen LogP contribution in [-0.4, -0.2) is 29.5 Å². The Morgan fingerprint density at radius 1 is 1.11 bits per heavy atom. The fourth-order valence-electron chi connectivity index (χ4n) is 3.85. The molecule has 38 heavy (non-hydrogen) atoms. The molecule has 0 aliphatic carbocycles. The molecule has 10 nitrogen and oxygen atoms in total. The lowest BCUT2D eigenvalue weighted by Gasteiger charge is -2.21. The number of nitrogens with one attached hydrogen (secondary N) is 1. The van der Waals surface area contributed by atoms with Crippen LogP contribution in [0.1, 0.15) is 35.6 Å². The van der Waals surface area contributed by atoms with Crippen LogP contribution in [0.3, 0.4) is 0 Å². The number of benzene rings is 2. The first kappa shape index (κ1) is 24.4. The first-order valence-corrected chi connectivity index (χ1v) is 11.7. The number of halogens is 1. The Morgan fingerprint density at radius 3 is 2.74 bits per heavy atom. The molecule has 2 aromatic carbocycles. The van der Waals surface area contributed by atoms with Crippen molar-refractivity contribution in [3.8, 4) is 23.6 Å². The predicted octanol–water partition coefficient (Wildman–Crippen LogP) is 3.65. The van der Waals surface area contributed by atoms with Gasteiger partial charge in [0.05, 0.1) is 45.5 Å². The number of hydrogen-bond donors (Lipinski definition) is 2. The number of nitrogens with two attached hydrogens (primary N) is 1. The van der Waals surface area contributed by atoms with E-state index in [1.807, 2.05) is 6.92 Å². The summed E-state index contributed by atoms with van der Waals surface area (Å²) in [5, 5.41) is 13.2. The Morgan fingerprint density at radius 2 is 1.95 bits per heavy atom. The molecule has 0 aliphatic rings. The zero-order chi connectivity index (χ0) is 26.6. The highest BCUT2D eigenvalue weighted by atomic mass is 35.5. The molecule has 11 heteroatoms. The van der Waals surface area contributed by atoms with Gasteiger partial charge in [-0.25, -0.2) is 19.9 Å². The fraction of sp³-hybridized carbons (Fsp3) is 0.0741. The second kappa shape index (κ2) is 10.3. The maximum atomic E-state index is 13.8. The molecule has 5 rings (SSSR count). The molecule has 0 bridgehead atoms. The molecule has 5 aromatic rings. The Hall–Kier alpha value is -5.32. The smallest absolute Gasteiger partial charge is 0.267 e. The third-order valence-corrected chi connectivity index (χ3v) is 5.92. The van der Waals surface area contributed by atoms with Gasteiger partial charge in [0.25, 0.3) is 5.56 Å². The molecule has 3 heterocycles. The summed E-state index contributed by atoms with van der Waals surface area (Å²) in [5.41, 5.74) is 7.86. The molecule has 1 unspecified atom stereocenters. The van der Waals surface area contributed by atoms with Crippen molar-refractivity contribution in [3.05, 3.63) is 105 Å². The van der Waals surface area contributed by atoms with E-state index in [0.29, 0.717) is 39.7 Å². The Bertz CT molecular complexity index is 1840. The minimum atomic E-state index is -0.566. The zero-order valence-electron chi connectivity index (χ0n) is 19.9. The lowest BCUT2D eigenvalue weighted by Crippen LogP contribution is -2.28. The fourth-order valence-corrected chi connectivity index (χ4v) is 4.10. The van der Waals surface area contributed by atoms with E-state index in [1.165, 1.54) is 23.3 Å². The summed E-state index contributed by atoms with van der Waals surface area (Å²) in [6.07, 6.45) is 5.93. The number of rotatable bonds is 4. The predicted molar refractivity (Wildman–Crippen MR) is 144 cm³/mol. The van der Waals surface area contributed by atoms with Gasteiger partial charge in [-0.05, 0) is 43.2 Å². The van der Waals surface area contributed by atoms with E-state index in [2.05, 4.69) is 43.2 Å². The minimum Gasteiger partial charge on any atom is -0.382 e. The molecular weight excluding hydrogens is 502 g/mol. The molecule has 0 spiro atoms. The molecule has 3 aromatic heterocycles. The van der Waals surface area contributed by atoms with E-state index in [1.54, 1.807) is 48.7 Å². The van der Waals surface area contributed by atoms with Crippen molar-refractivity contribution in [1.82, 2.24) is 29.5 Å². The van der Waals surface area contributed by atoms with Crippen molar-refractivity contribution in [3.63, 3.8) is 0 Å². The van der Waals surface area contributed by atoms with Crippen molar-refractivity contribution in [1.29, 1.82) is 5.26 Å². The van der Waals surface area contributed by atoms with Crippen molar-refractivity contribution in [2.45, 2.75) is 13.0 Å². The molecule has 184 valence electrons. The first-order chi connectivity index (χ1) is 18.5. The van der Waals surface area contributed by atoms with Crippen LogP contribution >= 0.6 is 11.6 Å². The van der Waals surface area contributed by atoms with Gasteiger partial charge >= 0.3 is 0 Å². The normalized spacial score (nSPS) is 11.3. The van der Waals surface area contributed by atoms with Gasteiger partial charge in [0, 0.05) is 12.4 Å². The lowest BCUT2D eigenvalue weighted by molar-refractivity contribution is 0.730. The van der Waals surface area contributed by atoms with Crippen LogP contribution in [0.2, 0.25) is 5.02 Å². The van der Waals surface area contributed by atoms with Gasteiger partial charge in [-0.2, -0.15) is 5.26 Å². The van der Waals surface area contributed by atoms with E-state index in [0.717, 1.165) is 0 Å². The van der Waals surface area contributed by atoms with Gasteiger partial charge in [0.15, 0.2) is 0 Å². The van der Waals surface area contributed by atoms with Gasteiger partial charge in [0.1, 0.15) is 35.0 Å². The van der Waals surface area contributed by atoms with Gasteiger partial charge in [-0.1, -0.05) is 29.7 Å². The van der Waals surface area contributed by atoms with Gasteiger partial charge < -0.3 is 11.1 Å². The molecule has 0 aliphatic heterocycles. The number of nitriles is 1. The highest BCUT2D eigenvalue weighted by molar-refractivity contribution is 6.35. The maximum absolute atomic E-state index is 13.8. The standard InChI is InChI=1S/C27H18ClN9O/c1-16(35-25-20(24(30)33-15-34-25)9-8-18-14-31-10-11-32-18)26-36-22-7-3-6-21(28)23(22)27(38)37(26)19-5-2-4-17(12-19)13-29/h2-7,10-12,14-16H,1H3,(H3,30,33,34,35). The summed E-state index contributed by atoms with van der Waals surface area (Å²) in [7, 11) is 0. The average molecular weight is 520 g/mol. The number of anilines is 2. The third-order valence-electron chi connectivity index (χ3n) is 5.60. The average Bonchev–Trinajstić information content (AvgIpc) is 2.93. The SMILES string of the molecule is CC(Nc1ncnc(N)c1C#Cc1cnccn1)c1nc2cccc(Cl)c2c(=O)n1-c1cccc(C#N)c1. The van der Waals surface area contributed by atoms with Gasteiger partial charge in [0.2, 0.25) is 0 Å². The van der Waals surface area contributed by atoms with Crippen LogP contribution < -0.4 is 16.6 Å². The number of aromatic nitrogens is 6. The molecule has 0 fully saturated rings. The molecule has 3 N–H and O–H groups in total. The van der Waals surface area contributed by atoms with Crippen molar-refractivity contribution < 1.29 is 0 Å². The molecule has 0 amide bonds. The van der Waals surface area contributed by atoms with Crippen LogP contribution in [0, 0.1) is 23.2 Å². The van der Waals surface area contributed by atoms with Crippen LogP contribution in [0.15, 0.2) is 72.2 Å². The van der Waals surface area contributed by atoms with Crippen molar-refractivity contribution in [2.24, 2.45) is 0 Å². The third kappa shape index (κ3) is 4.72. The second-order valence-electron chi connectivity index (χ2n) is 8.10. The molecule has 1 atom stereocenters. The highest BCUT2D eigenvalue weighted by Gasteiger charge is 2.21. The largest absolute Gasteiger partial charge is 0.382 e. The quantitative estimate of drug-likeness (QED) is 0.339. The van der Waals surface area contributed by atoms with Crippen molar-refractivity contribution in [2.75, 3.05) is 11.1 Å². The zero-order valence-corrected chi connectivity index (χ0v) is 20.7. The number of fused-ring (bicyclic) bond motifs is 1. The number of nitrogens with zero attached hydrogens (tertiary/aromatic N) is 7. The maximum Gasteiger partial charge on any atom is 0.267 e. The van der Waals surface area contributed by atoms with Crippen LogP contribution in [0.25, 0.3) is 16.6 Å².